The Morgan fingerprint density at radius 2 is 0.838 bits per heavy atom. The normalized spacial score (nSPS) is 17.8. The molecule has 0 fully saturated rings. The van der Waals surface area contributed by atoms with Crippen molar-refractivity contribution in [2.45, 2.75) is 24.7 Å². The van der Waals surface area contributed by atoms with Gasteiger partial charge in [-0.3, -0.25) is 0 Å². The molecular weight excluding hydrogens is 889 g/mol. The van der Waals surface area contributed by atoms with E-state index >= 15 is 0 Å². The van der Waals surface area contributed by atoms with Gasteiger partial charge in [0.1, 0.15) is 0 Å². The van der Waals surface area contributed by atoms with Gasteiger partial charge in [-0.25, -0.2) is 0 Å². The zero-order chi connectivity index (χ0) is 47.1. The van der Waals surface area contributed by atoms with Crippen molar-refractivity contribution in [1.29, 1.82) is 0 Å². The molecule has 15 aromatic carbocycles. The van der Waals surface area contributed by atoms with Crippen LogP contribution in [0.25, 0.3) is 165 Å². The summed E-state index contributed by atoms with van der Waals surface area (Å²) < 4.78 is 0. The highest BCUT2D eigenvalue weighted by Crippen LogP contribution is 2.65. The molecule has 0 heterocycles. The molecule has 0 N–H and O–H groups in total. The maximum Gasteiger partial charge on any atom is 0.0221 e. The van der Waals surface area contributed by atoms with Crippen molar-refractivity contribution in [3.8, 4) is 11.1 Å². The van der Waals surface area contributed by atoms with Crippen molar-refractivity contribution in [1.82, 2.24) is 0 Å². The van der Waals surface area contributed by atoms with E-state index in [0.717, 1.165) is 12.8 Å². The van der Waals surface area contributed by atoms with Gasteiger partial charge in [0.15, 0.2) is 0 Å². The van der Waals surface area contributed by atoms with Gasteiger partial charge in [0, 0.05) is 11.8 Å². The Kier molecular flexibility index (Phi) is 5.98. The van der Waals surface area contributed by atoms with Crippen molar-refractivity contribution in [2.24, 2.45) is 0 Å². The van der Waals surface area contributed by atoms with E-state index in [4.69, 9.17) is 0 Å². The Morgan fingerprint density at radius 1 is 0.311 bits per heavy atom. The highest BCUT2D eigenvalue weighted by molar-refractivity contribution is 6.45. The number of hydrogen-bond donors (Lipinski definition) is 0. The van der Waals surface area contributed by atoms with E-state index in [9.17, 15) is 0 Å². The third-order valence-electron chi connectivity index (χ3n) is 19.8. The first-order valence-electron chi connectivity index (χ1n) is 26.7. The summed E-state index contributed by atoms with van der Waals surface area (Å²) >= 11 is 0. The van der Waals surface area contributed by atoms with Gasteiger partial charge in [-0.1, -0.05) is 176 Å². The van der Waals surface area contributed by atoms with Crippen LogP contribution in [0.1, 0.15) is 52.5 Å². The van der Waals surface area contributed by atoms with Crippen molar-refractivity contribution < 1.29 is 0 Å². The smallest absolute Gasteiger partial charge is 0.0221 e. The molecule has 334 valence electrons. The second kappa shape index (κ2) is 12.0. The van der Waals surface area contributed by atoms with E-state index in [0.29, 0.717) is 0 Å². The van der Waals surface area contributed by atoms with E-state index in [2.05, 4.69) is 194 Å². The summed E-state index contributed by atoms with van der Waals surface area (Å²) in [6.45, 7) is 0. The maximum atomic E-state index is 2.68. The number of fused-ring (bicyclic) bond motifs is 5. The van der Waals surface area contributed by atoms with Gasteiger partial charge in [-0.15, -0.1) is 0 Å². The van der Waals surface area contributed by atoms with E-state index in [1.807, 2.05) is 0 Å². The second-order valence-corrected chi connectivity index (χ2v) is 22.7. The predicted octanol–water partition coefficient (Wildman–Crippen LogP) is 16.1. The summed E-state index contributed by atoms with van der Waals surface area (Å²) in [6, 6.07) is 69.3. The van der Waals surface area contributed by atoms with E-state index < -0.39 is 0 Å². The molecule has 0 heteroatoms. The minimum absolute atomic E-state index is 0.207. The Balaban J connectivity index is 0.948. The molecule has 0 radical (unpaired) electrons. The topological polar surface area (TPSA) is 0 Å². The quantitative estimate of drug-likeness (QED) is 0.120. The largest absolute Gasteiger partial charge is 0.0722 e. The molecule has 0 aliphatic heterocycles. The lowest BCUT2D eigenvalue weighted by atomic mass is 9.54. The number of rotatable bonds is 2. The Labute approximate surface area is 422 Å². The molecule has 2 atom stereocenters. The highest BCUT2D eigenvalue weighted by atomic mass is 14.5. The molecule has 0 saturated carbocycles. The third-order valence-corrected chi connectivity index (χ3v) is 19.8. The van der Waals surface area contributed by atoms with Gasteiger partial charge in [0.05, 0.1) is 0 Å². The summed E-state index contributed by atoms with van der Waals surface area (Å²) in [5.41, 5.74) is 17.7. The molecular formula is C74H38. The van der Waals surface area contributed by atoms with Crippen LogP contribution < -0.4 is 20.9 Å². The fourth-order valence-corrected chi connectivity index (χ4v) is 17.1. The number of hydrogen-bond acceptors (Lipinski definition) is 0. The van der Waals surface area contributed by atoms with E-state index in [-0.39, 0.29) is 11.8 Å². The summed E-state index contributed by atoms with van der Waals surface area (Å²) in [5, 5.41) is 35.9. The lowest BCUT2D eigenvalue weighted by Gasteiger charge is -2.48. The Morgan fingerprint density at radius 3 is 1.61 bits per heavy atom. The summed E-state index contributed by atoms with van der Waals surface area (Å²) in [6.07, 6.45) is 9.67. The molecule has 6 aliphatic rings. The molecule has 74 heavy (non-hydrogen) atoms. The summed E-state index contributed by atoms with van der Waals surface area (Å²) in [4.78, 5) is 0. The van der Waals surface area contributed by atoms with Gasteiger partial charge in [0.2, 0.25) is 0 Å². The predicted molar refractivity (Wildman–Crippen MR) is 314 cm³/mol. The molecule has 0 spiro atoms. The third kappa shape index (κ3) is 3.92. The van der Waals surface area contributed by atoms with Gasteiger partial charge >= 0.3 is 0 Å². The van der Waals surface area contributed by atoms with Crippen molar-refractivity contribution in [3.05, 3.63) is 236 Å². The minimum atomic E-state index is 0.207. The molecule has 0 amide bonds. The van der Waals surface area contributed by atoms with Crippen LogP contribution in [0.3, 0.4) is 0 Å². The van der Waals surface area contributed by atoms with Gasteiger partial charge in [-0.05, 0) is 237 Å². The fourth-order valence-electron chi connectivity index (χ4n) is 17.1. The van der Waals surface area contributed by atoms with Gasteiger partial charge < -0.3 is 0 Å². The van der Waals surface area contributed by atoms with E-state index in [1.165, 1.54) is 184 Å². The Bertz CT molecular complexity index is 5660. The molecule has 0 nitrogen and oxygen atoms in total. The van der Waals surface area contributed by atoms with Crippen LogP contribution >= 0.6 is 0 Å². The van der Waals surface area contributed by atoms with Crippen LogP contribution in [-0.4, -0.2) is 0 Å². The first-order chi connectivity index (χ1) is 36.7. The lowest BCUT2D eigenvalue weighted by Crippen LogP contribution is -2.57. The molecule has 0 saturated heterocycles. The van der Waals surface area contributed by atoms with Gasteiger partial charge in [0.25, 0.3) is 0 Å². The van der Waals surface area contributed by atoms with Crippen molar-refractivity contribution >= 4 is 153 Å². The molecule has 21 rings (SSSR count). The molecule has 15 aromatic rings. The SMILES string of the molecule is C1=C2CC=c3ccc4c5c3=C2C2c3c1c(-c1cc6ccc7ccc8ccc9ccc%10ccc1c1c%10c9c8c7c61)cc1ccc6ccc7c(c6c31)C2C=5C(=C7c1cc2c3ccccc3ccc2c2ccccc12)CC=4. The number of allylic oxidation sites excluding steroid dienone is 2. The average molecular weight is 927 g/mol. The maximum absolute atomic E-state index is 2.68. The first kappa shape index (κ1) is 36.8. The van der Waals surface area contributed by atoms with Crippen LogP contribution in [0.2, 0.25) is 0 Å². The monoisotopic (exact) mass is 926 g/mol. The Hall–Kier alpha value is -9.10. The first-order valence-corrected chi connectivity index (χ1v) is 26.7. The molecule has 6 aliphatic carbocycles. The minimum Gasteiger partial charge on any atom is -0.0722 e. The molecule has 0 aromatic heterocycles. The highest BCUT2D eigenvalue weighted by Gasteiger charge is 2.49. The standard InChI is InChI=1S/C74H38/c1-2-6-46-35(5-1)23-27-49-47-7-3-4-8-48(47)57(34-55(46)49)68-51-29-25-41-16-14-39-18-22-45-33-56-54(32-44-21-19-42-26-30-52(68)71-64(42)66(44)72(56)73-67(45)61(39)63(41)70(51)74(71)73)53-31-43-20-17-38-12-10-36-9-11-37-13-15-40-24-28-50(53)69-62(40)59(37)58(36)60(38)65(43)69/h1-21,23-28,30-34,73-74H,22,29H2. The van der Waals surface area contributed by atoms with Crippen LogP contribution in [0.15, 0.2) is 187 Å². The van der Waals surface area contributed by atoms with Crippen LogP contribution in [-0.2, 0) is 0 Å². The fraction of sp³-hybridized carbons (Fsp3) is 0.0541. The van der Waals surface area contributed by atoms with Crippen molar-refractivity contribution in [3.63, 3.8) is 0 Å². The van der Waals surface area contributed by atoms with Crippen LogP contribution in [0.4, 0.5) is 0 Å². The number of benzene rings is 15. The summed E-state index contributed by atoms with van der Waals surface area (Å²) in [5.74, 6) is 0.416. The lowest BCUT2D eigenvalue weighted by molar-refractivity contribution is 0.733. The van der Waals surface area contributed by atoms with Crippen molar-refractivity contribution in [2.75, 3.05) is 0 Å². The molecule has 0 bridgehead atoms. The summed E-state index contributed by atoms with van der Waals surface area (Å²) in [7, 11) is 0. The van der Waals surface area contributed by atoms with Gasteiger partial charge in [-0.2, -0.15) is 0 Å². The zero-order valence-electron chi connectivity index (χ0n) is 40.0. The second-order valence-electron chi connectivity index (χ2n) is 22.7. The van der Waals surface area contributed by atoms with Crippen LogP contribution in [0.5, 0.6) is 0 Å². The average Bonchev–Trinajstić information content (AvgIpc) is 3.46. The van der Waals surface area contributed by atoms with E-state index in [1.54, 1.807) is 22.3 Å². The molecule has 2 unspecified atom stereocenters. The van der Waals surface area contributed by atoms with Crippen LogP contribution in [0, 0.1) is 0 Å². The zero-order valence-corrected chi connectivity index (χ0v) is 40.0.